The maximum absolute atomic E-state index is 11.2. The van der Waals surface area contributed by atoms with Crippen LogP contribution >= 0.6 is 0 Å². The van der Waals surface area contributed by atoms with Crippen molar-refractivity contribution in [3.8, 4) is 0 Å². The first-order chi connectivity index (χ1) is 14.1. The lowest BCUT2D eigenvalue weighted by Gasteiger charge is -2.37. The monoisotopic (exact) mass is 414 g/mol. The Morgan fingerprint density at radius 3 is 1.00 bits per heavy atom. The van der Waals surface area contributed by atoms with E-state index in [0.717, 1.165) is 15.6 Å². The Morgan fingerprint density at radius 2 is 0.690 bits per heavy atom. The van der Waals surface area contributed by atoms with Gasteiger partial charge in [-0.1, -0.05) is 121 Å². The van der Waals surface area contributed by atoms with Crippen LogP contribution in [0.4, 0.5) is 0 Å². The summed E-state index contributed by atoms with van der Waals surface area (Å²) >= 11 is 0. The summed E-state index contributed by atoms with van der Waals surface area (Å²) in [6.45, 7) is 0. The van der Waals surface area contributed by atoms with E-state index in [-0.39, 0.29) is 0 Å². The summed E-state index contributed by atoms with van der Waals surface area (Å²) in [5.41, 5.74) is 0. The molecule has 0 aliphatic heterocycles. The van der Waals surface area contributed by atoms with Crippen LogP contribution in [0.5, 0.6) is 0 Å². The van der Waals surface area contributed by atoms with Crippen molar-refractivity contribution in [2.45, 2.75) is 0 Å². The zero-order valence-corrected chi connectivity index (χ0v) is 17.8. The Balaban J connectivity index is 1.98. The molecule has 0 aliphatic rings. The van der Waals surface area contributed by atoms with Crippen LogP contribution in [0.15, 0.2) is 121 Å². The van der Waals surface area contributed by atoms with Crippen molar-refractivity contribution in [3.63, 3.8) is 0 Å². The third-order valence-corrected chi connectivity index (χ3v) is 11.9. The molecule has 4 aromatic rings. The molecule has 4 rings (SSSR count). The van der Waals surface area contributed by atoms with Gasteiger partial charge in [0, 0.05) is 5.19 Å². The highest BCUT2D eigenvalue weighted by atomic mass is 28.5. The molecule has 3 nitrogen and oxygen atoms in total. The van der Waals surface area contributed by atoms with E-state index >= 15 is 0 Å². The summed E-state index contributed by atoms with van der Waals surface area (Å²) in [6.07, 6.45) is 0. The zero-order valence-electron chi connectivity index (χ0n) is 15.8. The summed E-state index contributed by atoms with van der Waals surface area (Å²) in [7, 11) is -7.38. The van der Waals surface area contributed by atoms with Gasteiger partial charge >= 0.3 is 8.80 Å². The fraction of sp³-hybridized carbons (Fsp3) is 0. The molecule has 5 heteroatoms. The molecule has 2 N–H and O–H groups in total. The van der Waals surface area contributed by atoms with E-state index < -0.39 is 17.1 Å². The van der Waals surface area contributed by atoms with Crippen molar-refractivity contribution in [2.24, 2.45) is 0 Å². The van der Waals surface area contributed by atoms with Crippen LogP contribution in [0, 0.1) is 0 Å². The van der Waals surface area contributed by atoms with Crippen LogP contribution < -0.4 is 20.7 Å². The van der Waals surface area contributed by atoms with Crippen molar-refractivity contribution in [3.05, 3.63) is 121 Å². The fourth-order valence-corrected chi connectivity index (χ4v) is 10.8. The first-order valence-corrected chi connectivity index (χ1v) is 13.2. The van der Waals surface area contributed by atoms with E-state index in [2.05, 4.69) is 0 Å². The first-order valence-electron chi connectivity index (χ1n) is 9.50. The van der Waals surface area contributed by atoms with Crippen LogP contribution in [-0.2, 0) is 4.12 Å². The first kappa shape index (κ1) is 19.5. The average Bonchev–Trinajstić information content (AvgIpc) is 2.80. The summed E-state index contributed by atoms with van der Waals surface area (Å²) in [5.74, 6) is 0. The molecule has 0 aromatic heterocycles. The molecule has 0 heterocycles. The fourth-order valence-electron chi connectivity index (χ4n) is 3.62. The van der Waals surface area contributed by atoms with Crippen molar-refractivity contribution in [1.29, 1.82) is 0 Å². The molecule has 0 spiro atoms. The van der Waals surface area contributed by atoms with E-state index in [1.165, 1.54) is 0 Å². The predicted octanol–water partition coefficient (Wildman–Crippen LogP) is 1.50. The molecule has 29 heavy (non-hydrogen) atoms. The normalized spacial score (nSPS) is 11.9. The quantitative estimate of drug-likeness (QED) is 0.371. The highest BCUT2D eigenvalue weighted by Crippen LogP contribution is 2.14. The van der Waals surface area contributed by atoms with E-state index in [0.29, 0.717) is 5.19 Å². The summed E-state index contributed by atoms with van der Waals surface area (Å²) in [5, 5.41) is 3.33. The minimum atomic E-state index is -4.20. The van der Waals surface area contributed by atoms with Crippen molar-refractivity contribution < 1.29 is 13.7 Å². The lowest BCUT2D eigenvalue weighted by atomic mass is 10.3. The van der Waals surface area contributed by atoms with Crippen molar-refractivity contribution in [1.82, 2.24) is 0 Å². The van der Waals surface area contributed by atoms with Crippen LogP contribution in [0.2, 0.25) is 0 Å². The Labute approximate surface area is 173 Å². The van der Waals surface area contributed by atoms with E-state index in [1.54, 1.807) is 24.3 Å². The molecule has 0 amide bonds. The van der Waals surface area contributed by atoms with Crippen LogP contribution in [0.1, 0.15) is 0 Å². The number of benzene rings is 4. The Morgan fingerprint density at radius 1 is 0.414 bits per heavy atom. The number of hydrogen-bond donors (Lipinski definition) is 2. The van der Waals surface area contributed by atoms with Crippen LogP contribution in [-0.4, -0.2) is 26.7 Å². The minimum absolute atomic E-state index is 0.430. The third-order valence-electron chi connectivity index (χ3n) is 4.99. The SMILES string of the molecule is O[Si](O)(O[Si](c1ccccc1)(c1ccccc1)c1ccccc1)c1ccccc1. The van der Waals surface area contributed by atoms with Gasteiger partial charge in [-0.2, -0.15) is 0 Å². The molecule has 0 saturated carbocycles. The topological polar surface area (TPSA) is 49.7 Å². The molecule has 0 saturated heterocycles. The Bertz CT molecular complexity index is 944. The molecule has 0 aliphatic carbocycles. The zero-order chi connectivity index (χ0) is 20.2. The maximum atomic E-state index is 11.2. The van der Waals surface area contributed by atoms with Crippen molar-refractivity contribution >= 4 is 37.9 Å². The molecular weight excluding hydrogens is 392 g/mol. The van der Waals surface area contributed by atoms with Gasteiger partial charge in [0.15, 0.2) is 0 Å². The van der Waals surface area contributed by atoms with Crippen LogP contribution in [0.3, 0.4) is 0 Å². The van der Waals surface area contributed by atoms with Gasteiger partial charge in [0.05, 0.1) is 0 Å². The standard InChI is InChI=1S/C24H22O3Si2/c25-29(26,24-19-11-4-12-20-24)27-28(21-13-5-1-6-14-21,22-15-7-2-8-16-22)23-17-9-3-10-18-23/h1-20,25-26H. The van der Waals surface area contributed by atoms with Gasteiger partial charge in [0.1, 0.15) is 0 Å². The van der Waals surface area contributed by atoms with E-state index in [9.17, 15) is 9.59 Å². The molecule has 0 unspecified atom stereocenters. The highest BCUT2D eigenvalue weighted by molar-refractivity contribution is 7.10. The average molecular weight is 415 g/mol. The van der Waals surface area contributed by atoms with Gasteiger partial charge in [0.2, 0.25) is 0 Å². The second-order valence-electron chi connectivity index (χ2n) is 6.86. The molecule has 4 aromatic carbocycles. The van der Waals surface area contributed by atoms with Crippen molar-refractivity contribution in [2.75, 3.05) is 0 Å². The number of rotatable bonds is 6. The lowest BCUT2D eigenvalue weighted by Crippen LogP contribution is -2.75. The molecule has 0 bridgehead atoms. The highest BCUT2D eigenvalue weighted by Gasteiger charge is 2.50. The maximum Gasteiger partial charge on any atom is 0.521 e. The summed E-state index contributed by atoms with van der Waals surface area (Å²) < 4.78 is 6.56. The molecule has 144 valence electrons. The molecule has 0 radical (unpaired) electrons. The molecule has 0 atom stereocenters. The largest absolute Gasteiger partial charge is 0.521 e. The van der Waals surface area contributed by atoms with Gasteiger partial charge < -0.3 is 13.7 Å². The smallest absolute Gasteiger partial charge is 0.400 e. The summed E-state index contributed by atoms with van der Waals surface area (Å²) in [4.78, 5) is 22.4. The van der Waals surface area contributed by atoms with Crippen LogP contribution in [0.25, 0.3) is 0 Å². The van der Waals surface area contributed by atoms with Gasteiger partial charge in [0.25, 0.3) is 8.32 Å². The van der Waals surface area contributed by atoms with Gasteiger partial charge in [-0.15, -0.1) is 0 Å². The van der Waals surface area contributed by atoms with E-state index in [4.69, 9.17) is 4.12 Å². The third kappa shape index (κ3) is 3.87. The Hall–Kier alpha value is -2.81. The second kappa shape index (κ2) is 8.28. The minimum Gasteiger partial charge on any atom is -0.400 e. The lowest BCUT2D eigenvalue weighted by molar-refractivity contribution is 0.262. The van der Waals surface area contributed by atoms with Gasteiger partial charge in [-0.3, -0.25) is 0 Å². The Kier molecular flexibility index (Phi) is 5.57. The van der Waals surface area contributed by atoms with E-state index in [1.807, 2.05) is 97.1 Å². The predicted molar refractivity (Wildman–Crippen MR) is 121 cm³/mol. The van der Waals surface area contributed by atoms with Gasteiger partial charge in [-0.25, -0.2) is 0 Å². The molecule has 0 fully saturated rings. The second-order valence-corrected chi connectivity index (χ2v) is 12.6. The summed E-state index contributed by atoms with van der Waals surface area (Å²) in [6, 6.07) is 38.6. The number of hydrogen-bond acceptors (Lipinski definition) is 3. The van der Waals surface area contributed by atoms with Gasteiger partial charge in [-0.05, 0) is 15.6 Å². The molecular formula is C24H22O3Si2.